The van der Waals surface area contributed by atoms with Crippen molar-refractivity contribution in [3.63, 3.8) is 0 Å². The molecule has 0 aliphatic carbocycles. The van der Waals surface area contributed by atoms with E-state index < -0.39 is 0 Å². The lowest BCUT2D eigenvalue weighted by Gasteiger charge is -2.28. The number of nitrogens with zero attached hydrogens (tertiary/aromatic N) is 3. The fourth-order valence-electron chi connectivity index (χ4n) is 4.13. The number of ether oxygens (including phenoxy) is 1. The smallest absolute Gasteiger partial charge is 0.226 e. The second-order valence-electron chi connectivity index (χ2n) is 7.54. The summed E-state index contributed by atoms with van der Waals surface area (Å²) in [6.07, 6.45) is 4.15. The third kappa shape index (κ3) is 4.45. The van der Waals surface area contributed by atoms with Crippen molar-refractivity contribution in [2.45, 2.75) is 32.0 Å². The molecule has 8 heteroatoms. The molecule has 7 nitrogen and oxygen atoms in total. The first-order valence-corrected chi connectivity index (χ1v) is 11.1. The van der Waals surface area contributed by atoms with Crippen LogP contribution in [0.3, 0.4) is 0 Å². The maximum absolute atomic E-state index is 12.7. The van der Waals surface area contributed by atoms with Gasteiger partial charge in [0.15, 0.2) is 5.11 Å². The number of hydrogen-bond donors (Lipinski definition) is 2. The van der Waals surface area contributed by atoms with Crippen LogP contribution in [0.4, 0.5) is 5.69 Å². The van der Waals surface area contributed by atoms with Gasteiger partial charge in [0.25, 0.3) is 0 Å². The highest BCUT2D eigenvalue weighted by Gasteiger charge is 2.40. The number of hydrogen-bond acceptors (Lipinski definition) is 4. The summed E-state index contributed by atoms with van der Waals surface area (Å²) in [5.41, 5.74) is 2.72. The van der Waals surface area contributed by atoms with Gasteiger partial charge in [0.1, 0.15) is 5.75 Å². The minimum atomic E-state index is -0.0961. The van der Waals surface area contributed by atoms with Crippen molar-refractivity contribution < 1.29 is 9.53 Å². The van der Waals surface area contributed by atoms with Crippen molar-refractivity contribution >= 4 is 28.9 Å². The number of aryl methyl sites for hydroxylation is 1. The first kappa shape index (κ1) is 21.8. The van der Waals surface area contributed by atoms with Crippen molar-refractivity contribution in [3.05, 3.63) is 78.4 Å². The highest BCUT2D eigenvalue weighted by molar-refractivity contribution is 7.80. The molecule has 0 radical (unpaired) electrons. The van der Waals surface area contributed by atoms with Gasteiger partial charge in [0.2, 0.25) is 5.91 Å². The third-order valence-corrected chi connectivity index (χ3v) is 6.02. The summed E-state index contributed by atoms with van der Waals surface area (Å²) < 4.78 is 7.54. The van der Waals surface area contributed by atoms with E-state index in [0.717, 1.165) is 17.9 Å². The molecule has 166 valence electrons. The second kappa shape index (κ2) is 9.82. The Morgan fingerprint density at radius 3 is 2.75 bits per heavy atom. The minimum Gasteiger partial charge on any atom is -0.495 e. The van der Waals surface area contributed by atoms with E-state index in [1.54, 1.807) is 13.3 Å². The van der Waals surface area contributed by atoms with Gasteiger partial charge in [-0.15, -0.1) is 0 Å². The van der Waals surface area contributed by atoms with Crippen LogP contribution in [0.15, 0.2) is 67.0 Å². The molecule has 1 fully saturated rings. The molecule has 3 heterocycles. The van der Waals surface area contributed by atoms with Crippen molar-refractivity contribution in [1.29, 1.82) is 0 Å². The van der Waals surface area contributed by atoms with Crippen LogP contribution in [-0.2, 0) is 11.3 Å². The van der Waals surface area contributed by atoms with Crippen LogP contribution in [0.25, 0.3) is 0 Å². The molecule has 0 saturated carbocycles. The Balaban J connectivity index is 1.54. The van der Waals surface area contributed by atoms with Crippen LogP contribution < -0.4 is 15.4 Å². The molecule has 2 aromatic heterocycles. The Morgan fingerprint density at radius 2 is 2.00 bits per heavy atom. The van der Waals surface area contributed by atoms with Crippen molar-refractivity contribution in [3.8, 4) is 5.75 Å². The number of thiocarbonyl (C=S) groups is 1. The maximum Gasteiger partial charge on any atom is 0.226 e. The van der Waals surface area contributed by atoms with Gasteiger partial charge in [-0.1, -0.05) is 18.2 Å². The lowest BCUT2D eigenvalue weighted by Crippen LogP contribution is -2.33. The van der Waals surface area contributed by atoms with E-state index in [0.29, 0.717) is 23.1 Å². The van der Waals surface area contributed by atoms with E-state index in [1.165, 1.54) is 0 Å². The molecule has 32 heavy (non-hydrogen) atoms. The molecule has 1 amide bonds. The number of rotatable bonds is 8. The molecule has 0 spiro atoms. The summed E-state index contributed by atoms with van der Waals surface area (Å²) in [5.74, 6) is 0.538. The SMILES string of the molecule is CCn1cccc1C1C(c2ccccn2)NC(=S)N1CCC(=O)Nc1ccccc1OC. The molecule has 1 aliphatic heterocycles. The molecule has 3 aromatic rings. The van der Waals surface area contributed by atoms with Crippen LogP contribution in [0.1, 0.15) is 36.8 Å². The summed E-state index contributed by atoms with van der Waals surface area (Å²) in [4.78, 5) is 19.4. The van der Waals surface area contributed by atoms with E-state index in [9.17, 15) is 4.79 Å². The molecule has 1 saturated heterocycles. The van der Waals surface area contributed by atoms with Crippen LogP contribution in [0.2, 0.25) is 0 Å². The number of pyridine rings is 1. The van der Waals surface area contributed by atoms with Gasteiger partial charge in [-0.25, -0.2) is 0 Å². The lowest BCUT2D eigenvalue weighted by atomic mass is 10.0. The molecule has 2 atom stereocenters. The van der Waals surface area contributed by atoms with Gasteiger partial charge < -0.3 is 24.8 Å². The Bertz CT molecular complexity index is 1080. The first-order valence-electron chi connectivity index (χ1n) is 10.7. The zero-order valence-corrected chi connectivity index (χ0v) is 19.0. The van der Waals surface area contributed by atoms with E-state index in [1.807, 2.05) is 48.5 Å². The summed E-state index contributed by atoms with van der Waals surface area (Å²) in [6, 6.07) is 17.3. The Labute approximate surface area is 193 Å². The van der Waals surface area contributed by atoms with Gasteiger partial charge in [0.05, 0.1) is 30.6 Å². The van der Waals surface area contributed by atoms with Gasteiger partial charge in [-0.2, -0.15) is 0 Å². The average molecular weight is 450 g/mol. The number of anilines is 1. The standard InChI is InChI=1S/C24H27N5O2S/c1-3-28-15-8-11-19(28)23-22(18-10-6-7-14-25-18)27-24(32)29(23)16-13-21(30)26-17-9-4-5-12-20(17)31-2/h4-12,14-15,22-23H,3,13,16H2,1-2H3,(H,26,30)(H,27,32). The van der Waals surface area contributed by atoms with Crippen LogP contribution in [0.5, 0.6) is 5.75 Å². The van der Waals surface area contributed by atoms with Crippen molar-refractivity contribution in [2.75, 3.05) is 19.0 Å². The van der Waals surface area contributed by atoms with E-state index in [2.05, 4.69) is 44.3 Å². The number of carbonyl (C=O) groups excluding carboxylic acids is 1. The van der Waals surface area contributed by atoms with Gasteiger partial charge in [0, 0.05) is 37.6 Å². The number of methoxy groups -OCH3 is 1. The van der Waals surface area contributed by atoms with Crippen LogP contribution in [0, 0.1) is 0 Å². The minimum absolute atomic E-state index is 0.0635. The number of aromatic nitrogens is 2. The van der Waals surface area contributed by atoms with Crippen molar-refractivity contribution in [2.24, 2.45) is 0 Å². The fraction of sp³-hybridized carbons (Fsp3) is 0.292. The van der Waals surface area contributed by atoms with Crippen LogP contribution in [-0.4, -0.2) is 39.1 Å². The van der Waals surface area contributed by atoms with Gasteiger partial charge in [-0.05, 0) is 55.5 Å². The third-order valence-electron chi connectivity index (χ3n) is 5.67. The lowest BCUT2D eigenvalue weighted by molar-refractivity contribution is -0.116. The molecule has 0 bridgehead atoms. The number of amides is 1. The van der Waals surface area contributed by atoms with Crippen molar-refractivity contribution in [1.82, 2.24) is 19.8 Å². The first-order chi connectivity index (χ1) is 15.6. The average Bonchev–Trinajstić information content (AvgIpc) is 3.42. The van der Waals surface area contributed by atoms with E-state index in [-0.39, 0.29) is 24.4 Å². The second-order valence-corrected chi connectivity index (χ2v) is 7.92. The number of benzene rings is 1. The zero-order valence-electron chi connectivity index (χ0n) is 18.2. The molecule has 1 aliphatic rings. The summed E-state index contributed by atoms with van der Waals surface area (Å²) in [7, 11) is 1.59. The molecule has 4 rings (SSSR count). The predicted octanol–water partition coefficient (Wildman–Crippen LogP) is 3.91. The Morgan fingerprint density at radius 1 is 1.19 bits per heavy atom. The van der Waals surface area contributed by atoms with Gasteiger partial charge in [-0.3, -0.25) is 9.78 Å². The number of carbonyl (C=O) groups is 1. The van der Waals surface area contributed by atoms with Gasteiger partial charge >= 0.3 is 0 Å². The zero-order chi connectivity index (χ0) is 22.5. The topological polar surface area (TPSA) is 71.4 Å². The predicted molar refractivity (Wildman–Crippen MR) is 129 cm³/mol. The molecular weight excluding hydrogens is 422 g/mol. The largest absolute Gasteiger partial charge is 0.495 e. The van der Waals surface area contributed by atoms with Crippen LogP contribution >= 0.6 is 12.2 Å². The number of nitrogens with one attached hydrogen (secondary N) is 2. The summed E-state index contributed by atoms with van der Waals surface area (Å²) in [5, 5.41) is 7.00. The summed E-state index contributed by atoms with van der Waals surface area (Å²) >= 11 is 5.70. The highest BCUT2D eigenvalue weighted by Crippen LogP contribution is 2.38. The Kier molecular flexibility index (Phi) is 6.70. The monoisotopic (exact) mass is 449 g/mol. The maximum atomic E-state index is 12.7. The summed E-state index contributed by atoms with van der Waals surface area (Å²) in [6.45, 7) is 3.45. The highest BCUT2D eigenvalue weighted by atomic mass is 32.1. The molecule has 2 N–H and O–H groups in total. The molecule has 2 unspecified atom stereocenters. The van der Waals surface area contributed by atoms with E-state index >= 15 is 0 Å². The number of para-hydroxylation sites is 2. The van der Waals surface area contributed by atoms with E-state index in [4.69, 9.17) is 17.0 Å². The molecule has 1 aromatic carbocycles. The Hall–Kier alpha value is -3.39. The normalized spacial score (nSPS) is 17.8. The molecular formula is C24H27N5O2S. The fourth-order valence-corrected chi connectivity index (χ4v) is 4.47. The quantitative estimate of drug-likeness (QED) is 0.508.